The number of hydrogen-bond donors (Lipinski definition) is 0. The molecule has 0 aromatic heterocycles. The molecule has 0 atom stereocenters. The molecule has 0 heterocycles. The summed E-state index contributed by atoms with van der Waals surface area (Å²) in [6.45, 7) is 2.19. The van der Waals surface area contributed by atoms with Crippen LogP contribution in [0.15, 0.2) is 18.2 Å². The van der Waals surface area contributed by atoms with Gasteiger partial charge < -0.3 is 0 Å². The molecule has 2 aliphatic rings. The number of benzene rings is 1. The van der Waals surface area contributed by atoms with Gasteiger partial charge in [0.15, 0.2) is 5.78 Å². The zero-order valence-corrected chi connectivity index (χ0v) is 11.3. The van der Waals surface area contributed by atoms with Gasteiger partial charge in [-0.25, -0.2) is 0 Å². The van der Waals surface area contributed by atoms with Crippen LogP contribution in [0.4, 0.5) is 0 Å². The largest absolute Gasteiger partial charge is 0.294 e. The molecule has 0 N–H and O–H groups in total. The zero-order chi connectivity index (χ0) is 12.6. The smallest absolute Gasteiger partial charge is 0.163 e. The minimum Gasteiger partial charge on any atom is -0.294 e. The van der Waals surface area contributed by atoms with Gasteiger partial charge in [0.2, 0.25) is 0 Å². The van der Waals surface area contributed by atoms with E-state index in [-0.39, 0.29) is 0 Å². The SMILES string of the molecule is CCc1ccc2c(c1)C1(CCCCC1)CCC2=O. The Morgan fingerprint density at radius 3 is 2.61 bits per heavy atom. The van der Waals surface area contributed by atoms with E-state index in [1.54, 1.807) is 0 Å². The third-order valence-corrected chi connectivity index (χ3v) is 5.01. The highest BCUT2D eigenvalue weighted by Gasteiger charge is 2.39. The van der Waals surface area contributed by atoms with Gasteiger partial charge in [0.1, 0.15) is 0 Å². The van der Waals surface area contributed by atoms with Crippen LogP contribution in [-0.4, -0.2) is 5.78 Å². The molecule has 0 radical (unpaired) electrons. The highest BCUT2D eigenvalue weighted by atomic mass is 16.1. The number of rotatable bonds is 1. The van der Waals surface area contributed by atoms with Crippen molar-refractivity contribution in [3.63, 3.8) is 0 Å². The molecular weight excluding hydrogens is 220 g/mol. The molecule has 0 amide bonds. The van der Waals surface area contributed by atoms with E-state index in [1.807, 2.05) is 0 Å². The van der Waals surface area contributed by atoms with Crippen LogP contribution in [0.2, 0.25) is 0 Å². The first-order valence-electron chi connectivity index (χ1n) is 7.42. The van der Waals surface area contributed by atoms with Crippen LogP contribution in [0.25, 0.3) is 0 Å². The number of ketones is 1. The second-order valence-electron chi connectivity index (χ2n) is 6.00. The third-order valence-electron chi connectivity index (χ3n) is 5.01. The molecule has 3 rings (SSSR count). The Morgan fingerprint density at radius 2 is 1.89 bits per heavy atom. The van der Waals surface area contributed by atoms with Gasteiger partial charge >= 0.3 is 0 Å². The molecule has 1 saturated carbocycles. The Morgan fingerprint density at radius 1 is 1.11 bits per heavy atom. The molecule has 96 valence electrons. The number of Topliss-reactive ketones (excluding diaryl/α,β-unsaturated/α-hetero) is 1. The average Bonchev–Trinajstić information content (AvgIpc) is 2.44. The first-order valence-corrected chi connectivity index (χ1v) is 7.42. The third kappa shape index (κ3) is 1.81. The van der Waals surface area contributed by atoms with Crippen molar-refractivity contribution in [1.29, 1.82) is 0 Å². The van der Waals surface area contributed by atoms with Crippen molar-refractivity contribution in [2.75, 3.05) is 0 Å². The minimum atomic E-state index is 0.340. The van der Waals surface area contributed by atoms with Crippen molar-refractivity contribution in [3.05, 3.63) is 34.9 Å². The van der Waals surface area contributed by atoms with Crippen LogP contribution in [0.1, 0.15) is 73.4 Å². The number of fused-ring (bicyclic) bond motifs is 2. The van der Waals surface area contributed by atoms with E-state index < -0.39 is 0 Å². The molecule has 0 bridgehead atoms. The van der Waals surface area contributed by atoms with Crippen molar-refractivity contribution in [2.24, 2.45) is 0 Å². The van der Waals surface area contributed by atoms with E-state index in [2.05, 4.69) is 25.1 Å². The summed E-state index contributed by atoms with van der Waals surface area (Å²) < 4.78 is 0. The van der Waals surface area contributed by atoms with Crippen molar-refractivity contribution in [2.45, 2.75) is 63.7 Å². The quantitative estimate of drug-likeness (QED) is 0.712. The van der Waals surface area contributed by atoms with Gasteiger partial charge in [-0.3, -0.25) is 4.79 Å². The molecule has 1 fully saturated rings. The molecule has 0 unspecified atom stereocenters. The Labute approximate surface area is 110 Å². The fourth-order valence-electron chi connectivity index (χ4n) is 3.86. The average molecular weight is 242 g/mol. The van der Waals surface area contributed by atoms with E-state index in [1.165, 1.54) is 43.2 Å². The highest BCUT2D eigenvalue weighted by molar-refractivity contribution is 5.99. The van der Waals surface area contributed by atoms with Crippen LogP contribution < -0.4 is 0 Å². The van der Waals surface area contributed by atoms with Gasteiger partial charge in [0, 0.05) is 12.0 Å². The molecule has 1 aromatic carbocycles. The van der Waals surface area contributed by atoms with Crippen LogP contribution in [0, 0.1) is 0 Å². The topological polar surface area (TPSA) is 17.1 Å². The van der Waals surface area contributed by atoms with Gasteiger partial charge in [-0.1, -0.05) is 44.4 Å². The summed E-state index contributed by atoms with van der Waals surface area (Å²) in [7, 11) is 0. The summed E-state index contributed by atoms with van der Waals surface area (Å²) in [5, 5.41) is 0. The number of hydrogen-bond acceptors (Lipinski definition) is 1. The molecule has 1 spiro atoms. The van der Waals surface area contributed by atoms with Crippen LogP contribution in [0.3, 0.4) is 0 Å². The van der Waals surface area contributed by atoms with Crippen molar-refractivity contribution < 1.29 is 4.79 Å². The summed E-state index contributed by atoms with van der Waals surface area (Å²) in [5.74, 6) is 0.365. The van der Waals surface area contributed by atoms with Crippen LogP contribution >= 0.6 is 0 Å². The zero-order valence-electron chi connectivity index (χ0n) is 11.3. The predicted octanol–water partition coefficient (Wildman–Crippen LogP) is 4.43. The lowest BCUT2D eigenvalue weighted by Gasteiger charge is -2.42. The molecular formula is C17H22O. The maximum Gasteiger partial charge on any atom is 0.163 e. The Kier molecular flexibility index (Phi) is 3.01. The molecule has 1 aromatic rings. The fraction of sp³-hybridized carbons (Fsp3) is 0.588. The van der Waals surface area contributed by atoms with E-state index in [0.29, 0.717) is 11.2 Å². The van der Waals surface area contributed by atoms with E-state index in [4.69, 9.17) is 0 Å². The monoisotopic (exact) mass is 242 g/mol. The molecule has 2 aliphatic carbocycles. The lowest BCUT2D eigenvalue weighted by atomic mass is 9.62. The molecule has 0 aliphatic heterocycles. The second-order valence-corrected chi connectivity index (χ2v) is 6.00. The number of carbonyl (C=O) groups excluding carboxylic acids is 1. The first kappa shape index (κ1) is 12.0. The molecule has 0 saturated heterocycles. The molecule has 1 nitrogen and oxygen atoms in total. The maximum atomic E-state index is 12.1. The van der Waals surface area contributed by atoms with E-state index >= 15 is 0 Å². The minimum absolute atomic E-state index is 0.340. The van der Waals surface area contributed by atoms with Gasteiger partial charge in [-0.15, -0.1) is 0 Å². The maximum absolute atomic E-state index is 12.1. The summed E-state index contributed by atoms with van der Waals surface area (Å²) >= 11 is 0. The number of aryl methyl sites for hydroxylation is 1. The van der Waals surface area contributed by atoms with Crippen molar-refractivity contribution in [1.82, 2.24) is 0 Å². The van der Waals surface area contributed by atoms with Crippen LogP contribution in [-0.2, 0) is 11.8 Å². The molecule has 18 heavy (non-hydrogen) atoms. The second kappa shape index (κ2) is 4.53. The summed E-state index contributed by atoms with van der Waals surface area (Å²) in [6.07, 6.45) is 9.55. The van der Waals surface area contributed by atoms with Gasteiger partial charge in [0.25, 0.3) is 0 Å². The van der Waals surface area contributed by atoms with Gasteiger partial charge in [-0.2, -0.15) is 0 Å². The standard InChI is InChI=1S/C17H22O/c1-2-13-6-7-14-15(12-13)17(11-8-16(14)18)9-4-3-5-10-17/h6-7,12H,2-5,8-11H2,1H3. The predicted molar refractivity (Wildman–Crippen MR) is 74.1 cm³/mol. The lowest BCUT2D eigenvalue weighted by Crippen LogP contribution is -2.35. The van der Waals surface area contributed by atoms with Crippen LogP contribution in [0.5, 0.6) is 0 Å². The Hall–Kier alpha value is -1.11. The summed E-state index contributed by atoms with van der Waals surface area (Å²) in [6, 6.07) is 6.56. The van der Waals surface area contributed by atoms with E-state index in [0.717, 1.165) is 24.8 Å². The Balaban J connectivity index is 2.10. The van der Waals surface area contributed by atoms with Crippen molar-refractivity contribution in [3.8, 4) is 0 Å². The summed E-state index contributed by atoms with van der Waals surface area (Å²) in [4.78, 5) is 12.1. The van der Waals surface area contributed by atoms with Gasteiger partial charge in [-0.05, 0) is 42.2 Å². The summed E-state index contributed by atoms with van der Waals surface area (Å²) in [5.41, 5.74) is 4.14. The first-order chi connectivity index (χ1) is 8.75. The van der Waals surface area contributed by atoms with E-state index in [9.17, 15) is 4.79 Å². The fourth-order valence-corrected chi connectivity index (χ4v) is 3.86. The number of carbonyl (C=O) groups is 1. The van der Waals surface area contributed by atoms with Crippen molar-refractivity contribution >= 4 is 5.78 Å². The lowest BCUT2D eigenvalue weighted by molar-refractivity contribution is 0.0938. The molecule has 1 heteroatoms. The van der Waals surface area contributed by atoms with Gasteiger partial charge in [0.05, 0.1) is 0 Å². The highest BCUT2D eigenvalue weighted by Crippen LogP contribution is 2.47. The normalized spacial score (nSPS) is 21.9. The Bertz CT molecular complexity index is 466.